The molecule has 0 saturated carbocycles. The molecule has 0 aliphatic heterocycles. The summed E-state index contributed by atoms with van der Waals surface area (Å²) in [5.74, 6) is 1.07. The lowest BCUT2D eigenvalue weighted by atomic mass is 10.1. The van der Waals surface area contributed by atoms with E-state index in [2.05, 4.69) is 0 Å². The van der Waals surface area contributed by atoms with Crippen LogP contribution in [0.1, 0.15) is 31.1 Å². The molecule has 0 N–H and O–H groups in total. The summed E-state index contributed by atoms with van der Waals surface area (Å²) in [4.78, 5) is 11.9. The highest BCUT2D eigenvalue weighted by Gasteiger charge is 2.15. The Bertz CT molecular complexity index is 418. The third kappa shape index (κ3) is 4.04. The molecule has 100 valence electrons. The molecule has 0 atom stereocenters. The van der Waals surface area contributed by atoms with E-state index in [1.54, 1.807) is 25.3 Å². The highest BCUT2D eigenvalue weighted by molar-refractivity contribution is 5.97. The van der Waals surface area contributed by atoms with Crippen LogP contribution in [-0.2, 0) is 4.74 Å². The fourth-order valence-electron chi connectivity index (χ4n) is 1.38. The second-order valence-corrected chi connectivity index (χ2v) is 4.89. The summed E-state index contributed by atoms with van der Waals surface area (Å²) in [5, 5.41) is 0. The molecule has 18 heavy (non-hydrogen) atoms. The van der Waals surface area contributed by atoms with E-state index in [9.17, 15) is 4.79 Å². The summed E-state index contributed by atoms with van der Waals surface area (Å²) in [5.41, 5.74) is 0.226. The molecule has 1 aromatic rings. The van der Waals surface area contributed by atoms with E-state index in [0.29, 0.717) is 17.1 Å². The zero-order valence-electron chi connectivity index (χ0n) is 11.6. The lowest BCUT2D eigenvalue weighted by molar-refractivity contribution is 0.00305. The minimum atomic E-state index is -0.327. The molecule has 0 bridgehead atoms. The molecule has 0 saturated heterocycles. The van der Waals surface area contributed by atoms with E-state index in [1.807, 2.05) is 20.8 Å². The van der Waals surface area contributed by atoms with Crippen LogP contribution in [0.4, 0.5) is 0 Å². The van der Waals surface area contributed by atoms with Crippen LogP contribution in [0.15, 0.2) is 18.2 Å². The SMILES string of the molecule is COc1ccc(C(=O)COC(C)(C)C)cc1OC. The van der Waals surface area contributed by atoms with Gasteiger partial charge in [0.05, 0.1) is 19.8 Å². The number of ether oxygens (including phenoxy) is 3. The topological polar surface area (TPSA) is 44.8 Å². The van der Waals surface area contributed by atoms with Crippen LogP contribution < -0.4 is 9.47 Å². The third-order valence-corrected chi connectivity index (χ3v) is 2.34. The van der Waals surface area contributed by atoms with Crippen molar-refractivity contribution in [3.05, 3.63) is 23.8 Å². The van der Waals surface area contributed by atoms with E-state index >= 15 is 0 Å². The number of carbonyl (C=O) groups excluding carboxylic acids is 1. The van der Waals surface area contributed by atoms with Crippen LogP contribution in [-0.4, -0.2) is 32.2 Å². The predicted octanol–water partition coefficient (Wildman–Crippen LogP) is 2.70. The van der Waals surface area contributed by atoms with Gasteiger partial charge in [0, 0.05) is 5.56 Å². The predicted molar refractivity (Wildman–Crippen MR) is 69.6 cm³/mol. The van der Waals surface area contributed by atoms with Gasteiger partial charge in [-0.3, -0.25) is 4.79 Å². The Morgan fingerprint density at radius 3 is 2.22 bits per heavy atom. The molecule has 0 fully saturated rings. The number of methoxy groups -OCH3 is 2. The normalized spacial score (nSPS) is 11.2. The highest BCUT2D eigenvalue weighted by Crippen LogP contribution is 2.27. The zero-order chi connectivity index (χ0) is 13.8. The first-order chi connectivity index (χ1) is 8.37. The Kier molecular flexibility index (Phi) is 4.73. The molecule has 0 radical (unpaired) electrons. The van der Waals surface area contributed by atoms with Crippen molar-refractivity contribution in [2.75, 3.05) is 20.8 Å². The van der Waals surface area contributed by atoms with Crippen molar-refractivity contribution in [1.82, 2.24) is 0 Å². The van der Waals surface area contributed by atoms with Crippen molar-refractivity contribution in [2.24, 2.45) is 0 Å². The number of ketones is 1. The van der Waals surface area contributed by atoms with Crippen LogP contribution in [0.3, 0.4) is 0 Å². The first-order valence-electron chi connectivity index (χ1n) is 5.76. The Morgan fingerprint density at radius 1 is 1.11 bits per heavy atom. The number of benzene rings is 1. The number of carbonyl (C=O) groups is 1. The lowest BCUT2D eigenvalue weighted by Gasteiger charge is -2.19. The van der Waals surface area contributed by atoms with Crippen LogP contribution in [0.25, 0.3) is 0 Å². The molecular weight excluding hydrogens is 232 g/mol. The van der Waals surface area contributed by atoms with Crippen LogP contribution in [0.2, 0.25) is 0 Å². The van der Waals surface area contributed by atoms with E-state index in [4.69, 9.17) is 14.2 Å². The minimum absolute atomic E-state index is 0.0545. The third-order valence-electron chi connectivity index (χ3n) is 2.34. The van der Waals surface area contributed by atoms with Crippen LogP contribution in [0.5, 0.6) is 11.5 Å². The fraction of sp³-hybridized carbons (Fsp3) is 0.500. The fourth-order valence-corrected chi connectivity index (χ4v) is 1.38. The van der Waals surface area contributed by atoms with Gasteiger partial charge < -0.3 is 14.2 Å². The van der Waals surface area contributed by atoms with Crippen molar-refractivity contribution in [3.8, 4) is 11.5 Å². The van der Waals surface area contributed by atoms with Gasteiger partial charge >= 0.3 is 0 Å². The monoisotopic (exact) mass is 252 g/mol. The van der Waals surface area contributed by atoms with E-state index in [0.717, 1.165) is 0 Å². The second-order valence-electron chi connectivity index (χ2n) is 4.89. The van der Waals surface area contributed by atoms with Gasteiger partial charge in [0.25, 0.3) is 0 Å². The average molecular weight is 252 g/mol. The summed E-state index contributed by atoms with van der Waals surface area (Å²) < 4.78 is 15.7. The van der Waals surface area contributed by atoms with Gasteiger partial charge in [-0.2, -0.15) is 0 Å². The summed E-state index contributed by atoms with van der Waals surface area (Å²) in [6, 6.07) is 5.08. The van der Waals surface area contributed by atoms with Crippen molar-refractivity contribution in [1.29, 1.82) is 0 Å². The molecule has 0 amide bonds. The van der Waals surface area contributed by atoms with E-state index in [1.165, 1.54) is 7.11 Å². The molecule has 4 heteroatoms. The number of hydrogen-bond acceptors (Lipinski definition) is 4. The van der Waals surface area contributed by atoms with Crippen molar-refractivity contribution in [3.63, 3.8) is 0 Å². The number of Topliss-reactive ketones (excluding diaryl/α,β-unsaturated/α-hetero) is 1. The number of rotatable bonds is 5. The second kappa shape index (κ2) is 5.87. The van der Waals surface area contributed by atoms with Gasteiger partial charge in [0.2, 0.25) is 0 Å². The Balaban J connectivity index is 2.80. The zero-order valence-corrected chi connectivity index (χ0v) is 11.6. The number of hydrogen-bond donors (Lipinski definition) is 0. The smallest absolute Gasteiger partial charge is 0.188 e. The molecule has 1 aromatic carbocycles. The van der Waals surface area contributed by atoms with Crippen molar-refractivity contribution in [2.45, 2.75) is 26.4 Å². The Morgan fingerprint density at radius 2 is 1.72 bits per heavy atom. The molecule has 0 unspecified atom stereocenters. The first-order valence-corrected chi connectivity index (χ1v) is 5.76. The quantitative estimate of drug-likeness (QED) is 0.756. The molecule has 0 aromatic heterocycles. The lowest BCUT2D eigenvalue weighted by Crippen LogP contribution is -2.23. The molecule has 0 aliphatic rings. The summed E-state index contributed by atoms with van der Waals surface area (Å²) >= 11 is 0. The molecule has 0 heterocycles. The van der Waals surface area contributed by atoms with E-state index in [-0.39, 0.29) is 18.0 Å². The van der Waals surface area contributed by atoms with Gasteiger partial charge in [-0.1, -0.05) is 0 Å². The van der Waals surface area contributed by atoms with Crippen molar-refractivity contribution >= 4 is 5.78 Å². The molecule has 1 rings (SSSR count). The van der Waals surface area contributed by atoms with Gasteiger partial charge in [0.1, 0.15) is 6.61 Å². The first kappa shape index (κ1) is 14.5. The molecule has 0 aliphatic carbocycles. The molecule has 0 spiro atoms. The average Bonchev–Trinajstić information content (AvgIpc) is 2.34. The van der Waals surface area contributed by atoms with Crippen LogP contribution >= 0.6 is 0 Å². The Labute approximate surface area is 108 Å². The van der Waals surface area contributed by atoms with Gasteiger partial charge in [0.15, 0.2) is 17.3 Å². The molecule has 4 nitrogen and oxygen atoms in total. The molecular formula is C14H20O4. The summed E-state index contributed by atoms with van der Waals surface area (Å²) in [6.45, 7) is 5.79. The maximum atomic E-state index is 11.9. The standard InChI is InChI=1S/C14H20O4/c1-14(2,3)18-9-11(15)10-6-7-12(16-4)13(8-10)17-5/h6-8H,9H2,1-5H3. The Hall–Kier alpha value is -1.55. The maximum Gasteiger partial charge on any atom is 0.188 e. The summed E-state index contributed by atoms with van der Waals surface area (Å²) in [7, 11) is 3.10. The highest BCUT2D eigenvalue weighted by atomic mass is 16.5. The van der Waals surface area contributed by atoms with Crippen molar-refractivity contribution < 1.29 is 19.0 Å². The maximum absolute atomic E-state index is 11.9. The van der Waals surface area contributed by atoms with E-state index < -0.39 is 0 Å². The summed E-state index contributed by atoms with van der Waals surface area (Å²) in [6.07, 6.45) is 0. The van der Waals surface area contributed by atoms with Gasteiger partial charge in [-0.15, -0.1) is 0 Å². The largest absolute Gasteiger partial charge is 0.493 e. The van der Waals surface area contributed by atoms with Crippen LogP contribution in [0, 0.1) is 0 Å². The minimum Gasteiger partial charge on any atom is -0.493 e. The van der Waals surface area contributed by atoms with Gasteiger partial charge in [-0.25, -0.2) is 0 Å². The van der Waals surface area contributed by atoms with Gasteiger partial charge in [-0.05, 0) is 39.0 Å².